The first kappa shape index (κ1) is 23.2. The van der Waals surface area contributed by atoms with Crippen LogP contribution in [0.3, 0.4) is 0 Å². The minimum Gasteiger partial charge on any atom is -0.378 e. The second kappa shape index (κ2) is 11.2. The number of amides is 2. The fourth-order valence-corrected chi connectivity index (χ4v) is 3.73. The van der Waals surface area contributed by atoms with Crippen LogP contribution in [0.5, 0.6) is 0 Å². The summed E-state index contributed by atoms with van der Waals surface area (Å²) in [5.74, 6) is 0.796. The van der Waals surface area contributed by atoms with Gasteiger partial charge in [-0.25, -0.2) is 0 Å². The van der Waals surface area contributed by atoms with Crippen LogP contribution in [0.4, 0.5) is 5.69 Å². The zero-order valence-electron chi connectivity index (χ0n) is 18.6. The fourth-order valence-electron chi connectivity index (χ4n) is 3.73. The summed E-state index contributed by atoms with van der Waals surface area (Å²) >= 11 is 0. The van der Waals surface area contributed by atoms with Gasteiger partial charge in [0, 0.05) is 47.0 Å². The smallest absolute Gasteiger partial charge is 0.236 e. The molecule has 0 radical (unpaired) electrons. The minimum atomic E-state index is 0.0746. The van der Waals surface area contributed by atoms with Crippen LogP contribution in [0.2, 0.25) is 0 Å². The van der Waals surface area contributed by atoms with Crippen molar-refractivity contribution in [3.8, 4) is 0 Å². The summed E-state index contributed by atoms with van der Waals surface area (Å²) in [6.07, 6.45) is 2.15. The molecule has 1 saturated heterocycles. The molecular weight excluding hydrogens is 366 g/mol. The minimum absolute atomic E-state index is 0.0746. The van der Waals surface area contributed by atoms with Gasteiger partial charge in [0.25, 0.3) is 0 Å². The largest absolute Gasteiger partial charge is 0.378 e. The number of benzene rings is 1. The monoisotopic (exact) mass is 403 g/mol. The van der Waals surface area contributed by atoms with Crippen molar-refractivity contribution in [2.45, 2.75) is 19.4 Å². The van der Waals surface area contributed by atoms with Gasteiger partial charge >= 0.3 is 0 Å². The Morgan fingerprint density at radius 1 is 1.07 bits per heavy atom. The van der Waals surface area contributed by atoms with Crippen LogP contribution in [0.25, 0.3) is 0 Å². The third kappa shape index (κ3) is 7.66. The van der Waals surface area contributed by atoms with Gasteiger partial charge in [-0.05, 0) is 56.6 Å². The third-order valence-corrected chi connectivity index (χ3v) is 5.63. The average molecular weight is 404 g/mol. The van der Waals surface area contributed by atoms with Crippen LogP contribution < -0.4 is 10.2 Å². The number of rotatable bonds is 9. The molecule has 7 heteroatoms. The zero-order valence-corrected chi connectivity index (χ0v) is 18.6. The van der Waals surface area contributed by atoms with Crippen molar-refractivity contribution in [1.29, 1.82) is 0 Å². The van der Waals surface area contributed by atoms with Crippen molar-refractivity contribution in [2.24, 2.45) is 5.92 Å². The summed E-state index contributed by atoms with van der Waals surface area (Å²) in [6.45, 7) is 4.36. The summed E-state index contributed by atoms with van der Waals surface area (Å²) < 4.78 is 0. The van der Waals surface area contributed by atoms with E-state index in [4.69, 9.17) is 0 Å². The lowest BCUT2D eigenvalue weighted by Crippen LogP contribution is -2.43. The molecule has 0 unspecified atom stereocenters. The maximum atomic E-state index is 12.6. The van der Waals surface area contributed by atoms with E-state index in [1.807, 2.05) is 28.2 Å². The van der Waals surface area contributed by atoms with E-state index in [1.165, 1.54) is 0 Å². The van der Waals surface area contributed by atoms with Crippen molar-refractivity contribution in [3.05, 3.63) is 29.8 Å². The number of anilines is 1. The molecule has 162 valence electrons. The molecule has 0 bridgehead atoms. The number of likely N-dealkylation sites (N-methyl/N-ethyl adjacent to an activating group) is 3. The standard InChI is InChI=1S/C22H37N5O2/c1-23-21(28)16-27-12-10-19(11-13-27)14-25(4)17-22(29)26(5)15-18-6-8-20(9-7-18)24(2)3/h6-9,19H,10-17H2,1-5H3,(H,23,28). The van der Waals surface area contributed by atoms with E-state index in [0.29, 0.717) is 25.6 Å². The van der Waals surface area contributed by atoms with Gasteiger partial charge in [-0.3, -0.25) is 19.4 Å². The van der Waals surface area contributed by atoms with E-state index < -0.39 is 0 Å². The predicted molar refractivity (Wildman–Crippen MR) is 118 cm³/mol. The first-order valence-corrected chi connectivity index (χ1v) is 10.4. The number of carbonyl (C=O) groups is 2. The normalized spacial score (nSPS) is 15.4. The van der Waals surface area contributed by atoms with Gasteiger partial charge in [0.2, 0.25) is 11.8 Å². The van der Waals surface area contributed by atoms with Gasteiger partial charge in [0.15, 0.2) is 0 Å². The van der Waals surface area contributed by atoms with Gasteiger partial charge in [-0.15, -0.1) is 0 Å². The molecule has 0 aliphatic carbocycles. The third-order valence-electron chi connectivity index (χ3n) is 5.63. The number of likely N-dealkylation sites (tertiary alicyclic amines) is 1. The molecule has 0 aromatic heterocycles. The molecule has 1 aromatic rings. The van der Waals surface area contributed by atoms with Gasteiger partial charge in [0.1, 0.15) is 0 Å². The van der Waals surface area contributed by atoms with Crippen molar-refractivity contribution in [2.75, 3.05) is 72.9 Å². The molecule has 7 nitrogen and oxygen atoms in total. The Morgan fingerprint density at radius 2 is 1.69 bits per heavy atom. The highest BCUT2D eigenvalue weighted by atomic mass is 16.2. The van der Waals surface area contributed by atoms with Gasteiger partial charge in [-0.2, -0.15) is 0 Å². The SMILES string of the molecule is CNC(=O)CN1CCC(CN(C)CC(=O)N(C)Cc2ccc(N(C)C)cc2)CC1. The second-order valence-corrected chi connectivity index (χ2v) is 8.40. The van der Waals surface area contributed by atoms with E-state index in [0.717, 1.165) is 43.7 Å². The topological polar surface area (TPSA) is 59.1 Å². The molecule has 1 aliphatic rings. The van der Waals surface area contributed by atoms with Crippen LogP contribution in [-0.4, -0.2) is 94.5 Å². The number of hydrogen-bond acceptors (Lipinski definition) is 5. The zero-order chi connectivity index (χ0) is 21.4. The van der Waals surface area contributed by atoms with E-state index in [-0.39, 0.29) is 11.8 Å². The summed E-state index contributed by atoms with van der Waals surface area (Å²) in [5, 5.41) is 2.68. The van der Waals surface area contributed by atoms with E-state index in [1.54, 1.807) is 11.9 Å². The van der Waals surface area contributed by atoms with Crippen molar-refractivity contribution in [1.82, 2.24) is 20.0 Å². The molecule has 2 rings (SSSR count). The lowest BCUT2D eigenvalue weighted by atomic mass is 9.96. The van der Waals surface area contributed by atoms with Gasteiger partial charge < -0.3 is 15.1 Å². The molecule has 1 aromatic carbocycles. The van der Waals surface area contributed by atoms with E-state index in [2.05, 4.69) is 44.3 Å². The molecule has 2 amide bonds. The van der Waals surface area contributed by atoms with Crippen molar-refractivity contribution in [3.63, 3.8) is 0 Å². The molecular formula is C22H37N5O2. The van der Waals surface area contributed by atoms with Crippen LogP contribution in [0, 0.1) is 5.92 Å². The molecule has 1 fully saturated rings. The van der Waals surface area contributed by atoms with E-state index in [9.17, 15) is 9.59 Å². The molecule has 0 atom stereocenters. The number of nitrogens with zero attached hydrogens (tertiary/aromatic N) is 4. The number of carbonyl (C=O) groups excluding carboxylic acids is 2. The fraction of sp³-hybridized carbons (Fsp3) is 0.636. The number of hydrogen-bond donors (Lipinski definition) is 1. The van der Waals surface area contributed by atoms with Crippen LogP contribution in [0.1, 0.15) is 18.4 Å². The predicted octanol–water partition coefficient (Wildman–Crippen LogP) is 1.10. The molecule has 1 heterocycles. The first-order valence-electron chi connectivity index (χ1n) is 10.4. The Kier molecular flexibility index (Phi) is 8.92. The molecule has 0 spiro atoms. The lowest BCUT2D eigenvalue weighted by Gasteiger charge is -2.33. The van der Waals surface area contributed by atoms with Crippen LogP contribution >= 0.6 is 0 Å². The molecule has 1 N–H and O–H groups in total. The Balaban J connectivity index is 1.72. The van der Waals surface area contributed by atoms with Gasteiger partial charge in [0.05, 0.1) is 13.1 Å². The van der Waals surface area contributed by atoms with Crippen molar-refractivity contribution < 1.29 is 9.59 Å². The summed E-state index contributed by atoms with van der Waals surface area (Å²) in [5.41, 5.74) is 2.29. The molecule has 1 aliphatic heterocycles. The summed E-state index contributed by atoms with van der Waals surface area (Å²) in [7, 11) is 9.61. The Hall–Kier alpha value is -2.12. The Labute approximate surface area is 175 Å². The first-order chi connectivity index (χ1) is 13.8. The highest BCUT2D eigenvalue weighted by molar-refractivity contribution is 5.78. The summed E-state index contributed by atoms with van der Waals surface area (Å²) in [6, 6.07) is 8.32. The van der Waals surface area contributed by atoms with Crippen LogP contribution in [0.15, 0.2) is 24.3 Å². The highest BCUT2D eigenvalue weighted by Crippen LogP contribution is 2.18. The quantitative estimate of drug-likeness (QED) is 0.669. The van der Waals surface area contributed by atoms with Crippen LogP contribution in [-0.2, 0) is 16.1 Å². The second-order valence-electron chi connectivity index (χ2n) is 8.40. The molecule has 29 heavy (non-hydrogen) atoms. The van der Waals surface area contributed by atoms with E-state index >= 15 is 0 Å². The number of piperidine rings is 1. The average Bonchev–Trinajstić information content (AvgIpc) is 2.69. The summed E-state index contributed by atoms with van der Waals surface area (Å²) in [4.78, 5) is 32.3. The maximum Gasteiger partial charge on any atom is 0.236 e. The Morgan fingerprint density at radius 3 is 2.24 bits per heavy atom. The van der Waals surface area contributed by atoms with Crippen molar-refractivity contribution >= 4 is 17.5 Å². The Bertz CT molecular complexity index is 654. The molecule has 0 saturated carbocycles. The number of nitrogens with one attached hydrogen (secondary N) is 1. The highest BCUT2D eigenvalue weighted by Gasteiger charge is 2.22. The lowest BCUT2D eigenvalue weighted by molar-refractivity contribution is -0.131. The maximum absolute atomic E-state index is 12.6. The van der Waals surface area contributed by atoms with Gasteiger partial charge in [-0.1, -0.05) is 12.1 Å².